The smallest absolute Gasteiger partial charge is 0.357 e. The largest absolute Gasteiger partial charge is 0.478 e. The number of carbonyl (C=O) groups excluding carboxylic acids is 1. The Morgan fingerprint density at radius 3 is 2.94 bits per heavy atom. The number of rotatable bonds is 3. The molecule has 1 N–H and O–H groups in total. The monoisotopic (exact) mass is 234 g/mol. The lowest BCUT2D eigenvalue weighted by Crippen LogP contribution is -2.09. The Morgan fingerprint density at radius 2 is 2.29 bits per heavy atom. The molecule has 17 heavy (non-hydrogen) atoms. The second-order valence-corrected chi connectivity index (χ2v) is 3.29. The van der Waals surface area contributed by atoms with Crippen molar-refractivity contribution in [3.63, 3.8) is 0 Å². The molecule has 0 aliphatic rings. The topological polar surface area (TPSA) is 80.9 Å². The quantitative estimate of drug-likeness (QED) is 0.807. The summed E-state index contributed by atoms with van der Waals surface area (Å²) in [6.07, 6.45) is 1.47. The van der Waals surface area contributed by atoms with Crippen molar-refractivity contribution in [3.8, 4) is 0 Å². The molecule has 2 rings (SSSR count). The number of aromatic carboxylic acids is 1. The summed E-state index contributed by atoms with van der Waals surface area (Å²) in [5.74, 6) is -1.69. The first kappa shape index (κ1) is 11.1. The van der Waals surface area contributed by atoms with Crippen molar-refractivity contribution in [2.75, 3.05) is 6.61 Å². The molecule has 2 aromatic heterocycles. The second-order valence-electron chi connectivity index (χ2n) is 3.29. The van der Waals surface area contributed by atoms with E-state index in [9.17, 15) is 9.59 Å². The van der Waals surface area contributed by atoms with Gasteiger partial charge in [-0.15, -0.1) is 0 Å². The van der Waals surface area contributed by atoms with E-state index in [-0.39, 0.29) is 17.9 Å². The van der Waals surface area contributed by atoms with E-state index in [1.165, 1.54) is 16.8 Å². The molecule has 2 heterocycles. The molecule has 0 aliphatic carbocycles. The van der Waals surface area contributed by atoms with Crippen LogP contribution in [0.1, 0.15) is 27.8 Å². The van der Waals surface area contributed by atoms with Crippen LogP contribution in [-0.2, 0) is 4.74 Å². The first-order valence-corrected chi connectivity index (χ1v) is 5.02. The summed E-state index contributed by atoms with van der Waals surface area (Å²) < 4.78 is 6.10. The molecule has 0 amide bonds. The number of carboxylic acid groups (broad SMARTS) is 1. The van der Waals surface area contributed by atoms with E-state index in [0.29, 0.717) is 5.52 Å². The number of hydrogen-bond donors (Lipinski definition) is 1. The number of aromatic nitrogens is 2. The van der Waals surface area contributed by atoms with Crippen molar-refractivity contribution in [2.45, 2.75) is 6.92 Å². The molecule has 6 heteroatoms. The van der Waals surface area contributed by atoms with Crippen LogP contribution in [0.4, 0.5) is 0 Å². The van der Waals surface area contributed by atoms with E-state index in [1.807, 2.05) is 0 Å². The molecule has 0 radical (unpaired) electrons. The van der Waals surface area contributed by atoms with E-state index in [1.54, 1.807) is 19.1 Å². The average Bonchev–Trinajstić information content (AvgIpc) is 2.69. The SMILES string of the molecule is CCOC(=O)c1cc(C(=O)O)c2cccnn12. The van der Waals surface area contributed by atoms with Gasteiger partial charge >= 0.3 is 11.9 Å². The number of carboxylic acids is 1. The van der Waals surface area contributed by atoms with E-state index < -0.39 is 11.9 Å². The zero-order valence-corrected chi connectivity index (χ0v) is 9.08. The van der Waals surface area contributed by atoms with Crippen LogP contribution in [0.2, 0.25) is 0 Å². The van der Waals surface area contributed by atoms with E-state index >= 15 is 0 Å². The molecule has 0 unspecified atom stereocenters. The highest BCUT2D eigenvalue weighted by Gasteiger charge is 2.20. The third kappa shape index (κ3) is 1.84. The van der Waals surface area contributed by atoms with Crippen molar-refractivity contribution < 1.29 is 19.4 Å². The highest BCUT2D eigenvalue weighted by atomic mass is 16.5. The fourth-order valence-electron chi connectivity index (χ4n) is 1.56. The maximum atomic E-state index is 11.6. The van der Waals surface area contributed by atoms with Gasteiger partial charge in [-0.1, -0.05) is 0 Å². The highest BCUT2D eigenvalue weighted by Crippen LogP contribution is 2.16. The third-order valence-corrected chi connectivity index (χ3v) is 2.25. The van der Waals surface area contributed by atoms with Crippen molar-refractivity contribution in [1.29, 1.82) is 0 Å². The van der Waals surface area contributed by atoms with Gasteiger partial charge in [-0.05, 0) is 25.1 Å². The number of fused-ring (bicyclic) bond motifs is 1. The van der Waals surface area contributed by atoms with Gasteiger partial charge in [0.2, 0.25) is 0 Å². The Kier molecular flexibility index (Phi) is 2.78. The summed E-state index contributed by atoms with van der Waals surface area (Å²) in [7, 11) is 0. The summed E-state index contributed by atoms with van der Waals surface area (Å²) in [5, 5.41) is 13.0. The van der Waals surface area contributed by atoms with Crippen LogP contribution >= 0.6 is 0 Å². The lowest BCUT2D eigenvalue weighted by Gasteiger charge is -2.00. The second kappa shape index (κ2) is 4.25. The van der Waals surface area contributed by atoms with Gasteiger partial charge in [0, 0.05) is 6.20 Å². The van der Waals surface area contributed by atoms with Gasteiger partial charge < -0.3 is 9.84 Å². The van der Waals surface area contributed by atoms with E-state index in [4.69, 9.17) is 9.84 Å². The fourth-order valence-corrected chi connectivity index (χ4v) is 1.56. The normalized spacial score (nSPS) is 10.4. The van der Waals surface area contributed by atoms with Gasteiger partial charge in [-0.25, -0.2) is 14.1 Å². The number of hydrogen-bond acceptors (Lipinski definition) is 4. The average molecular weight is 234 g/mol. The minimum Gasteiger partial charge on any atom is -0.478 e. The van der Waals surface area contributed by atoms with Gasteiger partial charge in [-0.2, -0.15) is 5.10 Å². The Labute approximate surface area is 96.4 Å². The number of nitrogens with zero attached hydrogens (tertiary/aromatic N) is 2. The minimum atomic E-state index is -1.11. The van der Waals surface area contributed by atoms with Gasteiger partial charge in [0.15, 0.2) is 5.69 Å². The van der Waals surface area contributed by atoms with Crippen LogP contribution in [-0.4, -0.2) is 33.3 Å². The van der Waals surface area contributed by atoms with E-state index in [0.717, 1.165) is 0 Å². The molecule has 2 aromatic rings. The molecule has 0 spiro atoms. The summed E-state index contributed by atoms with van der Waals surface area (Å²) in [6.45, 7) is 1.90. The van der Waals surface area contributed by atoms with E-state index in [2.05, 4.69) is 5.10 Å². The molecule has 88 valence electrons. The van der Waals surface area contributed by atoms with Gasteiger partial charge in [0.05, 0.1) is 17.7 Å². The molecular weight excluding hydrogens is 224 g/mol. The summed E-state index contributed by atoms with van der Waals surface area (Å²) in [5.41, 5.74) is 0.504. The zero-order chi connectivity index (χ0) is 12.4. The van der Waals surface area contributed by atoms with Crippen molar-refractivity contribution in [1.82, 2.24) is 9.61 Å². The molecule has 6 nitrogen and oxygen atoms in total. The van der Waals surface area contributed by atoms with Gasteiger partial charge in [-0.3, -0.25) is 0 Å². The minimum absolute atomic E-state index is 0.0288. The number of esters is 1. The van der Waals surface area contributed by atoms with Gasteiger partial charge in [0.1, 0.15) is 0 Å². The van der Waals surface area contributed by atoms with Crippen molar-refractivity contribution in [3.05, 3.63) is 35.7 Å². The summed E-state index contributed by atoms with van der Waals surface area (Å²) in [6, 6.07) is 4.46. The zero-order valence-electron chi connectivity index (χ0n) is 9.08. The van der Waals surface area contributed by atoms with Crippen LogP contribution in [0.3, 0.4) is 0 Å². The van der Waals surface area contributed by atoms with Crippen LogP contribution in [0.25, 0.3) is 5.52 Å². The predicted octanol–water partition coefficient (Wildman–Crippen LogP) is 1.21. The number of carbonyl (C=O) groups is 2. The third-order valence-electron chi connectivity index (χ3n) is 2.25. The maximum Gasteiger partial charge on any atom is 0.357 e. The molecule has 0 saturated carbocycles. The molecule has 0 fully saturated rings. The summed E-state index contributed by atoms with van der Waals surface area (Å²) in [4.78, 5) is 22.6. The Morgan fingerprint density at radius 1 is 1.53 bits per heavy atom. The number of ether oxygens (including phenoxy) is 1. The molecule has 0 aromatic carbocycles. The lowest BCUT2D eigenvalue weighted by atomic mass is 10.2. The van der Waals surface area contributed by atoms with Crippen molar-refractivity contribution >= 4 is 17.5 Å². The van der Waals surface area contributed by atoms with Crippen LogP contribution in [0.5, 0.6) is 0 Å². The summed E-state index contributed by atoms with van der Waals surface area (Å²) >= 11 is 0. The van der Waals surface area contributed by atoms with Crippen LogP contribution in [0.15, 0.2) is 24.4 Å². The Balaban J connectivity index is 2.64. The Bertz CT molecular complexity index is 588. The van der Waals surface area contributed by atoms with Gasteiger partial charge in [0.25, 0.3) is 0 Å². The fraction of sp³-hybridized carbons (Fsp3) is 0.182. The first-order chi connectivity index (χ1) is 8.15. The highest BCUT2D eigenvalue weighted by molar-refractivity contribution is 6.00. The molecule has 0 saturated heterocycles. The Hall–Kier alpha value is -2.37. The van der Waals surface area contributed by atoms with Crippen molar-refractivity contribution in [2.24, 2.45) is 0 Å². The van der Waals surface area contributed by atoms with Crippen LogP contribution in [0, 0.1) is 0 Å². The molecule has 0 aliphatic heterocycles. The predicted molar refractivity (Wildman–Crippen MR) is 58.1 cm³/mol. The first-order valence-electron chi connectivity index (χ1n) is 5.02. The maximum absolute atomic E-state index is 11.6. The molecular formula is C11H10N2O4. The lowest BCUT2D eigenvalue weighted by molar-refractivity contribution is 0.0517. The van der Waals surface area contributed by atoms with Crippen LogP contribution < -0.4 is 0 Å². The standard InChI is InChI=1S/C11H10N2O4/c1-2-17-11(16)9-6-7(10(14)15)8-4-3-5-12-13(8)9/h3-6H,2H2,1H3,(H,14,15). The molecule has 0 bridgehead atoms. The molecule has 0 atom stereocenters.